The normalized spacial score (nSPS) is 10.4. The van der Waals surface area contributed by atoms with Crippen LogP contribution in [0, 0.1) is 10.1 Å². The van der Waals surface area contributed by atoms with E-state index in [1.54, 1.807) is 0 Å². The number of hydrogen-bond donors (Lipinski definition) is 2. The molecule has 3 N–H and O–H groups in total. The molecule has 20 heavy (non-hydrogen) atoms. The summed E-state index contributed by atoms with van der Waals surface area (Å²) < 4.78 is 6.03. The third-order valence-corrected chi connectivity index (χ3v) is 2.21. The van der Waals surface area contributed by atoms with E-state index in [9.17, 15) is 14.9 Å². The van der Waals surface area contributed by atoms with Crippen molar-refractivity contribution in [1.82, 2.24) is 25.2 Å². The lowest BCUT2D eigenvalue weighted by Crippen LogP contribution is -2.29. The number of nitrogens with zero attached hydrogens (tertiary/aromatic N) is 5. The highest BCUT2D eigenvalue weighted by molar-refractivity contribution is 5.89. The molecule has 2 rings (SSSR count). The minimum atomic E-state index is -0.613. The van der Waals surface area contributed by atoms with Crippen molar-refractivity contribution in [3.63, 3.8) is 0 Å². The molecular formula is C9H11N7O4. The quantitative estimate of drug-likeness (QED) is 0.499. The highest BCUT2D eigenvalue weighted by Gasteiger charge is 2.17. The molecule has 0 fully saturated rings. The van der Waals surface area contributed by atoms with Gasteiger partial charge < -0.3 is 25.7 Å². The lowest BCUT2D eigenvalue weighted by Gasteiger charge is -1.96. The summed E-state index contributed by atoms with van der Waals surface area (Å²) in [4.78, 5) is 25.2. The summed E-state index contributed by atoms with van der Waals surface area (Å²) >= 11 is 0. The van der Waals surface area contributed by atoms with E-state index in [1.807, 2.05) is 0 Å². The smallest absolute Gasteiger partial charge is 0.358 e. The number of carbonyl (C=O) groups excluding carboxylic acids is 1. The topological polar surface area (TPSA) is 155 Å². The van der Waals surface area contributed by atoms with Crippen LogP contribution in [0.3, 0.4) is 0 Å². The van der Waals surface area contributed by atoms with E-state index >= 15 is 0 Å². The lowest BCUT2D eigenvalue weighted by molar-refractivity contribution is -0.389. The van der Waals surface area contributed by atoms with Crippen molar-refractivity contribution in [2.24, 2.45) is 5.73 Å². The fourth-order valence-corrected chi connectivity index (χ4v) is 1.35. The molecule has 0 saturated heterocycles. The van der Waals surface area contributed by atoms with Crippen LogP contribution in [0.1, 0.15) is 16.5 Å². The number of nitrogens with two attached hydrogens (primary N) is 1. The van der Waals surface area contributed by atoms with Crippen molar-refractivity contribution < 1.29 is 14.2 Å². The summed E-state index contributed by atoms with van der Waals surface area (Å²) in [6.07, 6.45) is 1.41. The van der Waals surface area contributed by atoms with Crippen LogP contribution in [0.25, 0.3) is 0 Å². The molecule has 2 aromatic heterocycles. The highest BCUT2D eigenvalue weighted by atomic mass is 16.6. The number of nitro groups is 1. The van der Waals surface area contributed by atoms with E-state index < -0.39 is 10.8 Å². The van der Waals surface area contributed by atoms with Crippen molar-refractivity contribution >= 4 is 11.7 Å². The average Bonchev–Trinajstić information content (AvgIpc) is 3.05. The summed E-state index contributed by atoms with van der Waals surface area (Å²) in [6, 6.07) is 1.24. The number of hydrogen-bond acceptors (Lipinski definition) is 8. The molecule has 106 valence electrons. The van der Waals surface area contributed by atoms with Crippen LogP contribution in [-0.2, 0) is 6.54 Å². The fourth-order valence-electron chi connectivity index (χ4n) is 1.35. The Morgan fingerprint density at radius 2 is 2.40 bits per heavy atom. The van der Waals surface area contributed by atoms with Crippen molar-refractivity contribution in [3.8, 4) is 0 Å². The molecule has 0 aliphatic heterocycles. The molecule has 0 radical (unpaired) electrons. The SMILES string of the molecule is NCCNC(=O)c1nc(Cn2ccc([N+](=O)[O-])n2)no1. The Morgan fingerprint density at radius 1 is 1.60 bits per heavy atom. The Kier molecular flexibility index (Phi) is 4.00. The fraction of sp³-hybridized carbons (Fsp3) is 0.333. The first-order chi connectivity index (χ1) is 9.60. The first kappa shape index (κ1) is 13.6. The molecule has 0 aliphatic carbocycles. The van der Waals surface area contributed by atoms with Crippen LogP contribution in [0.5, 0.6) is 0 Å². The molecule has 0 spiro atoms. The van der Waals surface area contributed by atoms with Crippen LogP contribution in [-0.4, -0.2) is 43.8 Å². The molecule has 2 aromatic rings. The molecule has 0 atom stereocenters. The number of rotatable bonds is 6. The summed E-state index contributed by atoms with van der Waals surface area (Å²) in [5.41, 5.74) is 5.24. The predicted molar refractivity (Wildman–Crippen MR) is 63.7 cm³/mol. The van der Waals surface area contributed by atoms with E-state index in [1.165, 1.54) is 16.9 Å². The molecule has 0 aliphatic rings. The standard InChI is InChI=1S/C9H11N7O4/c10-2-3-11-8(17)9-12-6(14-20-9)5-15-4-1-7(13-15)16(18)19/h1,4H,2-3,5,10H2,(H,11,17). The van der Waals surface area contributed by atoms with E-state index in [0.29, 0.717) is 13.1 Å². The molecule has 1 amide bonds. The number of amides is 1. The van der Waals surface area contributed by atoms with Gasteiger partial charge in [-0.3, -0.25) is 4.79 Å². The molecule has 0 saturated carbocycles. The van der Waals surface area contributed by atoms with Gasteiger partial charge in [0.15, 0.2) is 5.82 Å². The zero-order valence-electron chi connectivity index (χ0n) is 10.2. The maximum absolute atomic E-state index is 11.5. The minimum Gasteiger partial charge on any atom is -0.358 e. The maximum Gasteiger partial charge on any atom is 0.389 e. The zero-order chi connectivity index (χ0) is 14.5. The van der Waals surface area contributed by atoms with Crippen molar-refractivity contribution in [2.45, 2.75) is 6.54 Å². The molecule has 11 heteroatoms. The highest BCUT2D eigenvalue weighted by Crippen LogP contribution is 2.07. The summed E-state index contributed by atoms with van der Waals surface area (Å²) in [5.74, 6) is -0.828. The van der Waals surface area contributed by atoms with Crippen molar-refractivity contribution in [2.75, 3.05) is 13.1 Å². The molecular weight excluding hydrogens is 270 g/mol. The summed E-state index contributed by atoms with van der Waals surface area (Å²) in [5, 5.41) is 20.2. The third kappa shape index (κ3) is 3.14. The van der Waals surface area contributed by atoms with Gasteiger partial charge in [-0.1, -0.05) is 5.16 Å². The van der Waals surface area contributed by atoms with Crippen molar-refractivity contribution in [3.05, 3.63) is 34.1 Å². The first-order valence-electron chi connectivity index (χ1n) is 5.59. The van der Waals surface area contributed by atoms with E-state index in [2.05, 4.69) is 20.6 Å². The largest absolute Gasteiger partial charge is 0.389 e. The van der Waals surface area contributed by atoms with Gasteiger partial charge in [0.2, 0.25) is 0 Å². The molecule has 0 bridgehead atoms. The number of nitrogens with one attached hydrogen (secondary N) is 1. The van der Waals surface area contributed by atoms with Gasteiger partial charge in [-0.25, -0.2) is 0 Å². The Morgan fingerprint density at radius 3 is 3.05 bits per heavy atom. The Hall–Kier alpha value is -2.82. The van der Waals surface area contributed by atoms with Crippen LogP contribution >= 0.6 is 0 Å². The molecule has 0 aromatic carbocycles. The van der Waals surface area contributed by atoms with Gasteiger partial charge in [-0.2, -0.15) is 9.67 Å². The number of aromatic nitrogens is 4. The second kappa shape index (κ2) is 5.88. The second-order valence-electron chi connectivity index (χ2n) is 3.69. The monoisotopic (exact) mass is 281 g/mol. The van der Waals surface area contributed by atoms with Crippen LogP contribution < -0.4 is 11.1 Å². The van der Waals surface area contributed by atoms with E-state index in [-0.39, 0.29) is 24.1 Å². The van der Waals surface area contributed by atoms with Crippen molar-refractivity contribution in [1.29, 1.82) is 0 Å². The van der Waals surface area contributed by atoms with E-state index in [4.69, 9.17) is 10.3 Å². The van der Waals surface area contributed by atoms with E-state index in [0.717, 1.165) is 0 Å². The third-order valence-electron chi connectivity index (χ3n) is 2.21. The van der Waals surface area contributed by atoms with Gasteiger partial charge in [-0.15, -0.1) is 0 Å². The molecule has 0 unspecified atom stereocenters. The molecule has 11 nitrogen and oxygen atoms in total. The summed E-state index contributed by atoms with van der Waals surface area (Å²) in [7, 11) is 0. The van der Waals surface area contributed by atoms with Crippen LogP contribution in [0.2, 0.25) is 0 Å². The first-order valence-corrected chi connectivity index (χ1v) is 5.59. The van der Waals surface area contributed by atoms with Gasteiger partial charge in [-0.05, 0) is 4.92 Å². The average molecular weight is 281 g/mol. The van der Waals surface area contributed by atoms with Crippen LogP contribution in [0.4, 0.5) is 5.82 Å². The lowest BCUT2D eigenvalue weighted by atomic mass is 10.5. The maximum atomic E-state index is 11.5. The minimum absolute atomic E-state index is 0.0571. The molecule has 2 heterocycles. The zero-order valence-corrected chi connectivity index (χ0v) is 10.2. The van der Waals surface area contributed by atoms with Gasteiger partial charge >= 0.3 is 17.6 Å². The Labute approximate surface area is 111 Å². The Bertz CT molecular complexity index is 619. The van der Waals surface area contributed by atoms with Gasteiger partial charge in [0.05, 0.1) is 17.4 Å². The second-order valence-corrected chi connectivity index (χ2v) is 3.69. The Balaban J connectivity index is 2.01. The van der Waals surface area contributed by atoms with Gasteiger partial charge in [0, 0.05) is 13.1 Å². The van der Waals surface area contributed by atoms with Crippen LogP contribution in [0.15, 0.2) is 16.8 Å². The van der Waals surface area contributed by atoms with Gasteiger partial charge in [0.25, 0.3) is 0 Å². The summed E-state index contributed by atoms with van der Waals surface area (Å²) in [6.45, 7) is 0.646. The van der Waals surface area contributed by atoms with Gasteiger partial charge in [0.1, 0.15) is 6.54 Å². The number of carbonyl (C=O) groups is 1. The predicted octanol–water partition coefficient (Wildman–Crippen LogP) is -1.09.